The van der Waals surface area contributed by atoms with Gasteiger partial charge in [-0.1, -0.05) is 18.5 Å². The molecule has 4 heteroatoms. The van der Waals surface area contributed by atoms with Gasteiger partial charge in [-0.3, -0.25) is 0 Å². The summed E-state index contributed by atoms with van der Waals surface area (Å²) in [6.07, 6.45) is 0.803. The van der Waals surface area contributed by atoms with Crippen LogP contribution in [0, 0.1) is 6.92 Å². The predicted molar refractivity (Wildman–Crippen MR) is 64.5 cm³/mol. The summed E-state index contributed by atoms with van der Waals surface area (Å²) in [5.41, 5.74) is 0.921. The number of halogens is 1. The summed E-state index contributed by atoms with van der Waals surface area (Å²) in [4.78, 5) is 11.0. The minimum Gasteiger partial charge on any atom is -0.232 e. The molecule has 2 aromatic rings. The molecule has 0 radical (unpaired) electrons. The first-order valence-corrected chi connectivity index (χ1v) is 5.98. The minimum absolute atomic E-state index is 0.517. The van der Waals surface area contributed by atoms with E-state index in [0.29, 0.717) is 5.15 Å². The first-order valence-electron chi connectivity index (χ1n) is 4.79. The third kappa shape index (κ3) is 2.36. The molecule has 78 valence electrons. The Bertz CT molecular complexity index is 479. The van der Waals surface area contributed by atoms with Crippen LogP contribution in [0.5, 0.6) is 0 Å². The summed E-state index contributed by atoms with van der Waals surface area (Å²) in [7, 11) is 0. The molecular formula is C11H11ClN2S. The normalized spacial score (nSPS) is 10.6. The second-order valence-corrected chi connectivity index (χ2v) is 4.93. The molecule has 2 aromatic heterocycles. The molecule has 15 heavy (non-hydrogen) atoms. The molecule has 2 rings (SSSR count). The zero-order valence-corrected chi connectivity index (χ0v) is 10.2. The van der Waals surface area contributed by atoms with Crippen molar-refractivity contribution >= 4 is 22.9 Å². The maximum Gasteiger partial charge on any atom is 0.133 e. The van der Waals surface area contributed by atoms with Gasteiger partial charge in [0.05, 0.1) is 10.6 Å². The lowest BCUT2D eigenvalue weighted by Crippen LogP contribution is -1.94. The second kappa shape index (κ2) is 4.29. The second-order valence-electron chi connectivity index (χ2n) is 3.26. The largest absolute Gasteiger partial charge is 0.232 e. The first-order chi connectivity index (χ1) is 7.19. The van der Waals surface area contributed by atoms with Crippen LogP contribution in [0.1, 0.15) is 17.6 Å². The molecule has 0 amide bonds. The number of aromatic nitrogens is 2. The number of rotatable bonds is 2. The molecule has 0 aliphatic carbocycles. The van der Waals surface area contributed by atoms with Crippen molar-refractivity contribution in [3.8, 4) is 10.6 Å². The Balaban J connectivity index is 2.48. The van der Waals surface area contributed by atoms with E-state index in [0.717, 1.165) is 22.8 Å². The van der Waals surface area contributed by atoms with Crippen LogP contribution in [-0.4, -0.2) is 9.97 Å². The quantitative estimate of drug-likeness (QED) is 0.745. The molecule has 0 saturated heterocycles. The molecule has 0 aliphatic rings. The Morgan fingerprint density at radius 3 is 2.73 bits per heavy atom. The molecule has 2 nitrogen and oxygen atoms in total. The predicted octanol–water partition coefficient (Wildman–Crippen LogP) is 3.73. The van der Waals surface area contributed by atoms with E-state index in [1.165, 1.54) is 4.88 Å². The number of aryl methyl sites for hydroxylation is 2. The Morgan fingerprint density at radius 1 is 1.33 bits per heavy atom. The minimum atomic E-state index is 0.517. The van der Waals surface area contributed by atoms with E-state index >= 15 is 0 Å². The van der Waals surface area contributed by atoms with Crippen molar-refractivity contribution in [2.45, 2.75) is 20.3 Å². The zero-order valence-electron chi connectivity index (χ0n) is 8.62. The maximum atomic E-state index is 5.94. The van der Waals surface area contributed by atoms with Crippen LogP contribution < -0.4 is 0 Å². The lowest BCUT2D eigenvalue weighted by molar-refractivity contribution is 0.944. The van der Waals surface area contributed by atoms with E-state index in [1.807, 2.05) is 13.0 Å². The van der Waals surface area contributed by atoms with E-state index in [4.69, 9.17) is 11.6 Å². The summed E-state index contributed by atoms with van der Waals surface area (Å²) in [5.74, 6) is 0.795. The van der Waals surface area contributed by atoms with Crippen molar-refractivity contribution in [3.63, 3.8) is 0 Å². The number of hydrogen-bond donors (Lipinski definition) is 0. The van der Waals surface area contributed by atoms with Gasteiger partial charge in [-0.05, 0) is 19.1 Å². The molecule has 0 aromatic carbocycles. The summed E-state index contributed by atoms with van der Waals surface area (Å²) in [5, 5.41) is 0.517. The van der Waals surface area contributed by atoms with Crippen molar-refractivity contribution in [3.05, 3.63) is 34.1 Å². The molecule has 2 heterocycles. The highest BCUT2D eigenvalue weighted by Crippen LogP contribution is 2.27. The van der Waals surface area contributed by atoms with Crippen molar-refractivity contribution < 1.29 is 0 Å². The number of hydrogen-bond acceptors (Lipinski definition) is 3. The monoisotopic (exact) mass is 238 g/mol. The topological polar surface area (TPSA) is 25.8 Å². The standard InChI is InChI=1S/C11H11ClN2S/c1-3-11-13-8(6-10(12)14-11)9-5-4-7(2)15-9/h4-6H,3H2,1-2H3. The third-order valence-corrected chi connectivity index (χ3v) is 3.27. The Labute approximate surface area is 98.0 Å². The smallest absolute Gasteiger partial charge is 0.133 e. The molecule has 0 aliphatic heterocycles. The Kier molecular flexibility index (Phi) is 3.03. The van der Waals surface area contributed by atoms with Crippen molar-refractivity contribution in [1.82, 2.24) is 9.97 Å². The van der Waals surface area contributed by atoms with Gasteiger partial charge in [0.2, 0.25) is 0 Å². The van der Waals surface area contributed by atoms with E-state index in [2.05, 4.69) is 29.0 Å². The van der Waals surface area contributed by atoms with Crippen LogP contribution in [0.3, 0.4) is 0 Å². The summed E-state index contributed by atoms with van der Waals surface area (Å²) in [6.45, 7) is 4.10. The Hall–Kier alpha value is -0.930. The molecule has 0 unspecified atom stereocenters. The van der Waals surface area contributed by atoms with Crippen LogP contribution in [0.2, 0.25) is 5.15 Å². The highest BCUT2D eigenvalue weighted by Gasteiger charge is 2.06. The van der Waals surface area contributed by atoms with E-state index in [1.54, 1.807) is 11.3 Å². The first kappa shape index (κ1) is 10.6. The van der Waals surface area contributed by atoms with E-state index < -0.39 is 0 Å². The molecule has 0 spiro atoms. The van der Waals surface area contributed by atoms with E-state index in [9.17, 15) is 0 Å². The van der Waals surface area contributed by atoms with Crippen LogP contribution >= 0.6 is 22.9 Å². The van der Waals surface area contributed by atoms with Gasteiger partial charge in [0.1, 0.15) is 11.0 Å². The van der Waals surface area contributed by atoms with Crippen LogP contribution in [0.25, 0.3) is 10.6 Å². The highest BCUT2D eigenvalue weighted by atomic mass is 35.5. The summed E-state index contributed by atoms with van der Waals surface area (Å²) < 4.78 is 0. The average Bonchev–Trinajstić information content (AvgIpc) is 2.64. The molecular weight excluding hydrogens is 228 g/mol. The fraction of sp³-hybridized carbons (Fsp3) is 0.273. The molecule has 0 N–H and O–H groups in total. The summed E-state index contributed by atoms with van der Waals surface area (Å²) >= 11 is 7.66. The Morgan fingerprint density at radius 2 is 2.13 bits per heavy atom. The van der Waals surface area contributed by atoms with Gasteiger partial charge in [0, 0.05) is 17.4 Å². The molecule has 0 saturated carbocycles. The van der Waals surface area contributed by atoms with E-state index in [-0.39, 0.29) is 0 Å². The molecule has 0 bridgehead atoms. The third-order valence-electron chi connectivity index (χ3n) is 2.05. The number of nitrogens with zero attached hydrogens (tertiary/aromatic N) is 2. The van der Waals surface area contributed by atoms with Gasteiger partial charge in [-0.2, -0.15) is 0 Å². The fourth-order valence-electron chi connectivity index (χ4n) is 1.32. The molecule has 0 fully saturated rings. The van der Waals surface area contributed by atoms with Gasteiger partial charge < -0.3 is 0 Å². The highest BCUT2D eigenvalue weighted by molar-refractivity contribution is 7.15. The van der Waals surface area contributed by atoms with Gasteiger partial charge >= 0.3 is 0 Å². The summed E-state index contributed by atoms with van der Waals surface area (Å²) in [6, 6.07) is 5.96. The maximum absolute atomic E-state index is 5.94. The fourth-order valence-corrected chi connectivity index (χ4v) is 2.35. The lowest BCUT2D eigenvalue weighted by atomic mass is 10.3. The van der Waals surface area contributed by atoms with Crippen molar-refractivity contribution in [2.24, 2.45) is 0 Å². The van der Waals surface area contributed by atoms with Gasteiger partial charge in [0.15, 0.2) is 0 Å². The van der Waals surface area contributed by atoms with Crippen LogP contribution in [0.15, 0.2) is 18.2 Å². The molecule has 0 atom stereocenters. The van der Waals surface area contributed by atoms with Crippen LogP contribution in [-0.2, 0) is 6.42 Å². The lowest BCUT2D eigenvalue weighted by Gasteiger charge is -2.00. The van der Waals surface area contributed by atoms with Crippen LogP contribution in [0.4, 0.5) is 0 Å². The SMILES string of the molecule is CCc1nc(Cl)cc(-c2ccc(C)s2)n1. The van der Waals surface area contributed by atoms with Crippen molar-refractivity contribution in [1.29, 1.82) is 0 Å². The average molecular weight is 239 g/mol. The zero-order chi connectivity index (χ0) is 10.8. The van der Waals surface area contributed by atoms with Gasteiger partial charge in [-0.25, -0.2) is 9.97 Å². The van der Waals surface area contributed by atoms with Gasteiger partial charge in [-0.15, -0.1) is 11.3 Å². The number of thiophene rings is 1. The van der Waals surface area contributed by atoms with Gasteiger partial charge in [0.25, 0.3) is 0 Å². The van der Waals surface area contributed by atoms with Crippen molar-refractivity contribution in [2.75, 3.05) is 0 Å².